The summed E-state index contributed by atoms with van der Waals surface area (Å²) in [6, 6.07) is 0. The molecule has 1 atom stereocenters. The van der Waals surface area contributed by atoms with E-state index in [4.69, 9.17) is 0 Å². The predicted octanol–water partition coefficient (Wildman–Crippen LogP) is 4.50. The van der Waals surface area contributed by atoms with Gasteiger partial charge in [0, 0.05) is 18.8 Å². The molecule has 2 heteroatoms. The van der Waals surface area contributed by atoms with Crippen LogP contribution in [-0.4, -0.2) is 23.7 Å². The van der Waals surface area contributed by atoms with E-state index in [2.05, 4.69) is 31.7 Å². The van der Waals surface area contributed by atoms with Gasteiger partial charge >= 0.3 is 0 Å². The van der Waals surface area contributed by atoms with E-state index >= 15 is 0 Å². The van der Waals surface area contributed by atoms with Gasteiger partial charge in [0.05, 0.1) is 5.03 Å². The molecule has 1 aliphatic heterocycles. The number of hydrogen-bond donors (Lipinski definition) is 0. The van der Waals surface area contributed by atoms with Crippen LogP contribution in [-0.2, 0) is 0 Å². The van der Waals surface area contributed by atoms with Crippen molar-refractivity contribution in [3.05, 3.63) is 11.1 Å². The lowest BCUT2D eigenvalue weighted by Crippen LogP contribution is -2.27. The zero-order chi connectivity index (χ0) is 11.8. The van der Waals surface area contributed by atoms with Crippen LogP contribution in [0.3, 0.4) is 0 Å². The van der Waals surface area contributed by atoms with Crippen LogP contribution in [0.1, 0.15) is 52.9 Å². The Labute approximate surface area is 106 Å². The Bertz CT molecular complexity index is 213. The Kier molecular flexibility index (Phi) is 7.02. The highest BCUT2D eigenvalue weighted by Crippen LogP contribution is 2.29. The van der Waals surface area contributed by atoms with Gasteiger partial charge in [0.1, 0.15) is 0 Å². The van der Waals surface area contributed by atoms with Crippen molar-refractivity contribution in [3.8, 4) is 0 Å². The first-order valence-corrected chi connectivity index (χ1v) is 7.84. The van der Waals surface area contributed by atoms with Crippen LogP contribution >= 0.6 is 11.8 Å². The SMILES string of the molecule is CCCCC(C)CN(CCC)C1=CCCS1. The third-order valence-corrected chi connectivity index (χ3v) is 4.23. The van der Waals surface area contributed by atoms with Crippen LogP contribution in [0.25, 0.3) is 0 Å². The first kappa shape index (κ1) is 14.0. The Balaban J connectivity index is 2.37. The van der Waals surface area contributed by atoms with Gasteiger partial charge in [-0.1, -0.05) is 39.7 Å². The lowest BCUT2D eigenvalue weighted by molar-refractivity contribution is 0.299. The van der Waals surface area contributed by atoms with Gasteiger partial charge in [-0.25, -0.2) is 0 Å². The molecule has 1 nitrogen and oxygen atoms in total. The molecule has 0 aromatic heterocycles. The van der Waals surface area contributed by atoms with Crippen LogP contribution in [0.2, 0.25) is 0 Å². The first-order valence-electron chi connectivity index (χ1n) is 6.85. The second kappa shape index (κ2) is 8.05. The fourth-order valence-electron chi connectivity index (χ4n) is 2.21. The number of thioether (sulfide) groups is 1. The van der Waals surface area contributed by atoms with E-state index in [0.717, 1.165) is 5.92 Å². The quantitative estimate of drug-likeness (QED) is 0.615. The van der Waals surface area contributed by atoms with Crippen LogP contribution in [0.15, 0.2) is 11.1 Å². The molecule has 0 saturated heterocycles. The van der Waals surface area contributed by atoms with Gasteiger partial charge in [-0.05, 0) is 25.2 Å². The van der Waals surface area contributed by atoms with Crippen LogP contribution in [0, 0.1) is 5.92 Å². The maximum Gasteiger partial charge on any atom is 0.0667 e. The van der Waals surface area contributed by atoms with Crippen molar-refractivity contribution in [2.45, 2.75) is 52.9 Å². The van der Waals surface area contributed by atoms with Crippen molar-refractivity contribution in [3.63, 3.8) is 0 Å². The Hall–Kier alpha value is -0.110. The average Bonchev–Trinajstić information content (AvgIpc) is 2.79. The van der Waals surface area contributed by atoms with E-state index in [0.29, 0.717) is 0 Å². The topological polar surface area (TPSA) is 3.24 Å². The molecule has 1 unspecified atom stereocenters. The number of rotatable bonds is 8. The molecule has 0 aliphatic carbocycles. The van der Waals surface area contributed by atoms with Gasteiger partial charge in [-0.15, -0.1) is 11.8 Å². The molecule has 1 aliphatic rings. The molecular weight excluding hydrogens is 214 g/mol. The van der Waals surface area contributed by atoms with Crippen LogP contribution in [0.5, 0.6) is 0 Å². The Morgan fingerprint density at radius 2 is 2.19 bits per heavy atom. The van der Waals surface area contributed by atoms with Crippen LogP contribution < -0.4 is 0 Å². The van der Waals surface area contributed by atoms with E-state index < -0.39 is 0 Å². The monoisotopic (exact) mass is 241 g/mol. The standard InChI is InChI=1S/C14H27NS/c1-4-6-8-13(3)12-15(10-5-2)14-9-7-11-16-14/h9,13H,4-8,10-12H2,1-3H3. The second-order valence-electron chi connectivity index (χ2n) is 4.87. The van der Waals surface area contributed by atoms with Crippen LogP contribution in [0.4, 0.5) is 0 Å². The maximum atomic E-state index is 2.61. The van der Waals surface area contributed by atoms with E-state index in [1.54, 1.807) is 5.03 Å². The molecule has 94 valence electrons. The number of nitrogens with zero attached hydrogens (tertiary/aromatic N) is 1. The fraction of sp³-hybridized carbons (Fsp3) is 0.857. The highest BCUT2D eigenvalue weighted by Gasteiger charge is 2.15. The summed E-state index contributed by atoms with van der Waals surface area (Å²) in [5.41, 5.74) is 0. The highest BCUT2D eigenvalue weighted by atomic mass is 32.2. The van der Waals surface area contributed by atoms with Gasteiger partial charge in [0.15, 0.2) is 0 Å². The predicted molar refractivity (Wildman–Crippen MR) is 75.7 cm³/mol. The average molecular weight is 241 g/mol. The summed E-state index contributed by atoms with van der Waals surface area (Å²) >= 11 is 2.04. The van der Waals surface area contributed by atoms with E-state index in [-0.39, 0.29) is 0 Å². The maximum absolute atomic E-state index is 2.61. The molecule has 1 rings (SSSR count). The minimum absolute atomic E-state index is 0.841. The van der Waals surface area contributed by atoms with E-state index in [1.165, 1.54) is 50.9 Å². The summed E-state index contributed by atoms with van der Waals surface area (Å²) in [5.74, 6) is 2.13. The molecule has 0 saturated carbocycles. The summed E-state index contributed by atoms with van der Waals surface area (Å²) in [6.07, 6.45) is 9.05. The second-order valence-corrected chi connectivity index (χ2v) is 5.99. The summed E-state index contributed by atoms with van der Waals surface area (Å²) in [5, 5.41) is 1.55. The third-order valence-electron chi connectivity index (χ3n) is 3.07. The lowest BCUT2D eigenvalue weighted by Gasteiger charge is -2.28. The molecule has 1 heterocycles. The first-order chi connectivity index (χ1) is 7.77. The van der Waals surface area contributed by atoms with Gasteiger partial charge in [-0.2, -0.15) is 0 Å². The Morgan fingerprint density at radius 3 is 2.75 bits per heavy atom. The molecule has 0 aromatic rings. The number of unbranched alkanes of at least 4 members (excludes halogenated alkanes) is 1. The van der Waals surface area contributed by atoms with Crippen molar-refractivity contribution in [1.82, 2.24) is 4.90 Å². The summed E-state index contributed by atoms with van der Waals surface area (Å²) in [6.45, 7) is 9.45. The molecule has 16 heavy (non-hydrogen) atoms. The van der Waals surface area contributed by atoms with Gasteiger partial charge in [-0.3, -0.25) is 0 Å². The third kappa shape index (κ3) is 4.82. The number of allylic oxidation sites excluding steroid dienone is 1. The molecule has 0 aromatic carbocycles. The van der Waals surface area contributed by atoms with Gasteiger partial charge < -0.3 is 4.90 Å². The summed E-state index contributed by atoms with van der Waals surface area (Å²) < 4.78 is 0. The lowest BCUT2D eigenvalue weighted by atomic mass is 10.0. The Morgan fingerprint density at radius 1 is 1.38 bits per heavy atom. The zero-order valence-corrected chi connectivity index (χ0v) is 12.0. The van der Waals surface area contributed by atoms with E-state index in [1.807, 2.05) is 11.8 Å². The van der Waals surface area contributed by atoms with Crippen molar-refractivity contribution in [2.75, 3.05) is 18.8 Å². The summed E-state index contributed by atoms with van der Waals surface area (Å²) in [4.78, 5) is 2.61. The van der Waals surface area contributed by atoms with Crippen molar-refractivity contribution in [1.29, 1.82) is 0 Å². The smallest absolute Gasteiger partial charge is 0.0667 e. The molecular formula is C14H27NS. The largest absolute Gasteiger partial charge is 0.366 e. The van der Waals surface area contributed by atoms with Crippen molar-refractivity contribution >= 4 is 11.8 Å². The minimum atomic E-state index is 0.841. The van der Waals surface area contributed by atoms with Gasteiger partial charge in [0.2, 0.25) is 0 Å². The molecule has 0 amide bonds. The molecule has 0 spiro atoms. The molecule has 0 N–H and O–H groups in total. The highest BCUT2D eigenvalue weighted by molar-refractivity contribution is 8.03. The summed E-state index contributed by atoms with van der Waals surface area (Å²) in [7, 11) is 0. The normalized spacial score (nSPS) is 17.3. The van der Waals surface area contributed by atoms with Gasteiger partial charge in [0.25, 0.3) is 0 Å². The zero-order valence-electron chi connectivity index (χ0n) is 11.2. The number of hydrogen-bond acceptors (Lipinski definition) is 2. The fourth-order valence-corrected chi connectivity index (χ4v) is 3.24. The molecule has 0 radical (unpaired) electrons. The minimum Gasteiger partial charge on any atom is -0.366 e. The van der Waals surface area contributed by atoms with Crippen molar-refractivity contribution in [2.24, 2.45) is 5.92 Å². The van der Waals surface area contributed by atoms with Crippen molar-refractivity contribution < 1.29 is 0 Å². The molecule has 0 bridgehead atoms. The molecule has 0 fully saturated rings. The van der Waals surface area contributed by atoms with E-state index in [9.17, 15) is 0 Å².